The molecule has 0 bridgehead atoms. The van der Waals surface area contributed by atoms with Gasteiger partial charge >= 0.3 is 6.61 Å². The lowest BCUT2D eigenvalue weighted by Gasteiger charge is -2.11. The number of hydrogen-bond acceptors (Lipinski definition) is 4. The lowest BCUT2D eigenvalue weighted by molar-refractivity contribution is -0.0512. The number of halogens is 3. The number of rotatable bonds is 8. The van der Waals surface area contributed by atoms with Crippen molar-refractivity contribution in [2.75, 3.05) is 13.7 Å². The lowest BCUT2D eigenvalue weighted by atomic mass is 10.1. The molecule has 0 aliphatic rings. The first-order valence-electron chi connectivity index (χ1n) is 8.72. The van der Waals surface area contributed by atoms with Gasteiger partial charge in [-0.05, 0) is 48.4 Å². The summed E-state index contributed by atoms with van der Waals surface area (Å²) in [6.45, 7) is -2.67. The van der Waals surface area contributed by atoms with Crippen molar-refractivity contribution in [1.29, 1.82) is 0 Å². The number of furan rings is 1. The van der Waals surface area contributed by atoms with Gasteiger partial charge in [0.2, 0.25) is 0 Å². The van der Waals surface area contributed by atoms with Crippen molar-refractivity contribution in [3.05, 3.63) is 70.9 Å². The molecule has 2 aromatic carbocycles. The van der Waals surface area contributed by atoms with E-state index < -0.39 is 6.61 Å². The standard InChI is InChI=1S/C21H18ClF2NO4/c1-27-17-7-6-13(12-19(17)29-21(23)24)10-11-25-20(26)18-9-8-16(28-18)14-4-2-3-5-15(14)22/h2-9,12,21H,10-11H2,1H3,(H,25,26). The summed E-state index contributed by atoms with van der Waals surface area (Å²) < 4.78 is 40.1. The number of carbonyl (C=O) groups excluding carboxylic acids is 1. The van der Waals surface area contributed by atoms with Gasteiger partial charge in [0.25, 0.3) is 5.91 Å². The van der Waals surface area contributed by atoms with Gasteiger partial charge in [-0.15, -0.1) is 0 Å². The van der Waals surface area contributed by atoms with E-state index in [0.29, 0.717) is 28.3 Å². The van der Waals surface area contributed by atoms with Crippen LogP contribution >= 0.6 is 11.6 Å². The molecule has 1 amide bonds. The first-order chi connectivity index (χ1) is 14.0. The largest absolute Gasteiger partial charge is 0.493 e. The highest BCUT2D eigenvalue weighted by Gasteiger charge is 2.14. The Kier molecular flexibility index (Phi) is 6.72. The van der Waals surface area contributed by atoms with Gasteiger partial charge in [-0.25, -0.2) is 0 Å². The average Bonchev–Trinajstić information content (AvgIpc) is 3.18. The van der Waals surface area contributed by atoms with E-state index >= 15 is 0 Å². The van der Waals surface area contributed by atoms with Crippen LogP contribution in [0.25, 0.3) is 11.3 Å². The van der Waals surface area contributed by atoms with Crippen LogP contribution < -0.4 is 14.8 Å². The third kappa shape index (κ3) is 5.26. The predicted molar refractivity (Wildman–Crippen MR) is 105 cm³/mol. The molecular formula is C21H18ClF2NO4. The van der Waals surface area contributed by atoms with E-state index in [-0.39, 0.29) is 29.7 Å². The zero-order valence-electron chi connectivity index (χ0n) is 15.5. The zero-order chi connectivity index (χ0) is 20.8. The fraction of sp³-hybridized carbons (Fsp3) is 0.190. The van der Waals surface area contributed by atoms with Gasteiger partial charge in [-0.1, -0.05) is 29.8 Å². The number of amides is 1. The summed E-state index contributed by atoms with van der Waals surface area (Å²) in [5.41, 5.74) is 1.40. The monoisotopic (exact) mass is 421 g/mol. The summed E-state index contributed by atoms with van der Waals surface area (Å²) in [7, 11) is 1.37. The fourth-order valence-electron chi connectivity index (χ4n) is 2.74. The SMILES string of the molecule is COc1ccc(CCNC(=O)c2ccc(-c3ccccc3Cl)o2)cc1OC(F)F. The summed E-state index contributed by atoms with van der Waals surface area (Å²) >= 11 is 6.14. The highest BCUT2D eigenvalue weighted by atomic mass is 35.5. The van der Waals surface area contributed by atoms with E-state index in [9.17, 15) is 13.6 Å². The van der Waals surface area contributed by atoms with Crippen LogP contribution in [0.4, 0.5) is 8.78 Å². The molecule has 5 nitrogen and oxygen atoms in total. The molecule has 0 saturated heterocycles. The molecule has 0 radical (unpaired) electrons. The Morgan fingerprint density at radius 3 is 2.66 bits per heavy atom. The molecule has 1 heterocycles. The van der Waals surface area contributed by atoms with Gasteiger partial charge in [0, 0.05) is 12.1 Å². The highest BCUT2D eigenvalue weighted by molar-refractivity contribution is 6.33. The van der Waals surface area contributed by atoms with E-state index in [2.05, 4.69) is 10.1 Å². The summed E-state index contributed by atoms with van der Waals surface area (Å²) in [6, 6.07) is 15.1. The van der Waals surface area contributed by atoms with Crippen LogP contribution in [0.5, 0.6) is 11.5 Å². The Balaban J connectivity index is 1.60. The third-order valence-electron chi connectivity index (χ3n) is 4.11. The lowest BCUT2D eigenvalue weighted by Crippen LogP contribution is -2.25. The van der Waals surface area contributed by atoms with Crippen LogP contribution in [0.2, 0.25) is 5.02 Å². The average molecular weight is 422 g/mol. The maximum Gasteiger partial charge on any atom is 0.387 e. The van der Waals surface area contributed by atoms with Crippen molar-refractivity contribution in [2.24, 2.45) is 0 Å². The second kappa shape index (κ2) is 9.43. The van der Waals surface area contributed by atoms with Crippen LogP contribution in [0.1, 0.15) is 16.1 Å². The number of benzene rings is 2. The molecule has 0 aliphatic carbocycles. The number of alkyl halides is 2. The zero-order valence-corrected chi connectivity index (χ0v) is 16.2. The first kappa shape index (κ1) is 20.7. The molecular weight excluding hydrogens is 404 g/mol. The molecule has 8 heteroatoms. The van der Waals surface area contributed by atoms with Crippen molar-refractivity contribution in [2.45, 2.75) is 13.0 Å². The maximum absolute atomic E-state index is 12.5. The summed E-state index contributed by atoms with van der Waals surface area (Å²) in [6.07, 6.45) is 0.410. The molecule has 3 rings (SSSR count). The quantitative estimate of drug-likeness (QED) is 0.544. The predicted octanol–water partition coefficient (Wildman–Crippen LogP) is 5.18. The molecule has 1 N–H and O–H groups in total. The number of hydrogen-bond donors (Lipinski definition) is 1. The molecule has 0 fully saturated rings. The summed E-state index contributed by atoms with van der Waals surface area (Å²) in [4.78, 5) is 12.3. The smallest absolute Gasteiger partial charge is 0.387 e. The first-order valence-corrected chi connectivity index (χ1v) is 9.10. The minimum Gasteiger partial charge on any atom is -0.493 e. The van der Waals surface area contributed by atoms with Crippen molar-refractivity contribution in [3.8, 4) is 22.8 Å². The van der Waals surface area contributed by atoms with E-state index in [1.807, 2.05) is 6.07 Å². The Labute approximate surface area is 171 Å². The second-order valence-corrected chi connectivity index (χ2v) is 6.42. The molecule has 0 unspecified atom stereocenters. The Morgan fingerprint density at radius 2 is 1.93 bits per heavy atom. The highest BCUT2D eigenvalue weighted by Crippen LogP contribution is 2.30. The summed E-state index contributed by atoms with van der Waals surface area (Å²) in [5.74, 6) is 0.407. The Morgan fingerprint density at radius 1 is 1.14 bits per heavy atom. The molecule has 0 spiro atoms. The van der Waals surface area contributed by atoms with Crippen molar-refractivity contribution in [1.82, 2.24) is 5.32 Å². The fourth-order valence-corrected chi connectivity index (χ4v) is 2.97. The van der Waals surface area contributed by atoms with E-state index in [0.717, 1.165) is 0 Å². The third-order valence-corrected chi connectivity index (χ3v) is 4.44. The molecule has 1 aromatic heterocycles. The minimum atomic E-state index is -2.95. The van der Waals surface area contributed by atoms with Crippen molar-refractivity contribution >= 4 is 17.5 Å². The van der Waals surface area contributed by atoms with Gasteiger partial charge in [0.1, 0.15) is 5.76 Å². The number of nitrogens with one attached hydrogen (secondary N) is 1. The number of carbonyl (C=O) groups is 1. The van der Waals surface area contributed by atoms with Crippen LogP contribution in [0.15, 0.2) is 59.0 Å². The topological polar surface area (TPSA) is 60.7 Å². The van der Waals surface area contributed by atoms with Crippen molar-refractivity contribution < 1.29 is 27.5 Å². The van der Waals surface area contributed by atoms with Crippen LogP contribution in [-0.2, 0) is 6.42 Å². The maximum atomic E-state index is 12.5. The number of methoxy groups -OCH3 is 1. The Bertz CT molecular complexity index is 990. The van der Waals surface area contributed by atoms with Gasteiger partial charge < -0.3 is 19.2 Å². The van der Waals surface area contributed by atoms with E-state index in [1.54, 1.807) is 36.4 Å². The molecule has 152 valence electrons. The van der Waals surface area contributed by atoms with Crippen molar-refractivity contribution in [3.63, 3.8) is 0 Å². The second-order valence-electron chi connectivity index (χ2n) is 6.01. The Hall–Kier alpha value is -3.06. The van der Waals surface area contributed by atoms with Crippen LogP contribution in [0, 0.1) is 0 Å². The van der Waals surface area contributed by atoms with Crippen LogP contribution in [-0.4, -0.2) is 26.2 Å². The normalized spacial score (nSPS) is 10.8. The molecule has 29 heavy (non-hydrogen) atoms. The van der Waals surface area contributed by atoms with Gasteiger partial charge in [-0.3, -0.25) is 4.79 Å². The van der Waals surface area contributed by atoms with Gasteiger partial charge in [0.05, 0.1) is 12.1 Å². The van der Waals surface area contributed by atoms with E-state index in [4.69, 9.17) is 20.8 Å². The molecule has 0 aliphatic heterocycles. The van der Waals surface area contributed by atoms with Gasteiger partial charge in [0.15, 0.2) is 17.3 Å². The summed E-state index contributed by atoms with van der Waals surface area (Å²) in [5, 5.41) is 3.25. The van der Waals surface area contributed by atoms with Gasteiger partial charge in [-0.2, -0.15) is 8.78 Å². The molecule has 0 saturated carbocycles. The minimum absolute atomic E-state index is 0.0539. The van der Waals surface area contributed by atoms with E-state index in [1.165, 1.54) is 19.2 Å². The van der Waals surface area contributed by atoms with Crippen LogP contribution in [0.3, 0.4) is 0 Å². The number of ether oxygens (including phenoxy) is 2. The molecule has 0 atom stereocenters. The molecule has 3 aromatic rings.